The lowest BCUT2D eigenvalue weighted by Crippen LogP contribution is -2.28. The van der Waals surface area contributed by atoms with Crippen LogP contribution in [0.15, 0.2) is 43.0 Å². The Morgan fingerprint density at radius 1 is 1.42 bits per heavy atom. The molecule has 0 spiro atoms. The molecule has 2 N–H and O–H groups in total. The Labute approximate surface area is 149 Å². The zero-order valence-corrected chi connectivity index (χ0v) is 14.7. The standard InChI is InChI=1S/C17H17FN2O2S2/c1-3-9-19-17(23)20-13-10-14(11-5-7-12(18)8-6-11)24-15(13)16(21)22-4-2/h3,5-8,10H,1,4,9H2,2H3,(H2,19,20,23). The van der Waals surface area contributed by atoms with Gasteiger partial charge < -0.3 is 15.4 Å². The fourth-order valence-electron chi connectivity index (χ4n) is 1.92. The van der Waals surface area contributed by atoms with Gasteiger partial charge in [-0.2, -0.15) is 0 Å². The summed E-state index contributed by atoms with van der Waals surface area (Å²) in [5, 5.41) is 6.31. The van der Waals surface area contributed by atoms with Crippen LogP contribution in [0.3, 0.4) is 0 Å². The van der Waals surface area contributed by atoms with Crippen molar-refractivity contribution in [3.63, 3.8) is 0 Å². The largest absolute Gasteiger partial charge is 0.462 e. The number of thiophene rings is 1. The molecule has 7 heteroatoms. The molecule has 0 radical (unpaired) electrons. The summed E-state index contributed by atoms with van der Waals surface area (Å²) in [6.45, 7) is 6.14. The van der Waals surface area contributed by atoms with Gasteiger partial charge >= 0.3 is 5.97 Å². The van der Waals surface area contributed by atoms with Crippen molar-refractivity contribution in [2.75, 3.05) is 18.5 Å². The van der Waals surface area contributed by atoms with Gasteiger partial charge in [-0.3, -0.25) is 0 Å². The van der Waals surface area contributed by atoms with E-state index < -0.39 is 5.97 Å². The number of halogens is 1. The van der Waals surface area contributed by atoms with Crippen molar-refractivity contribution in [3.8, 4) is 10.4 Å². The van der Waals surface area contributed by atoms with E-state index in [1.54, 1.807) is 31.2 Å². The van der Waals surface area contributed by atoms with E-state index in [2.05, 4.69) is 17.2 Å². The van der Waals surface area contributed by atoms with Crippen molar-refractivity contribution < 1.29 is 13.9 Å². The van der Waals surface area contributed by atoms with Crippen molar-refractivity contribution in [2.45, 2.75) is 6.92 Å². The van der Waals surface area contributed by atoms with Crippen molar-refractivity contribution >= 4 is 40.3 Å². The van der Waals surface area contributed by atoms with Gasteiger partial charge in [-0.05, 0) is 42.9 Å². The van der Waals surface area contributed by atoms with Crippen molar-refractivity contribution in [1.82, 2.24) is 5.32 Å². The molecule has 0 aliphatic carbocycles. The van der Waals surface area contributed by atoms with E-state index in [-0.39, 0.29) is 12.4 Å². The summed E-state index contributed by atoms with van der Waals surface area (Å²) >= 11 is 6.45. The monoisotopic (exact) mass is 364 g/mol. The fourth-order valence-corrected chi connectivity index (χ4v) is 3.13. The van der Waals surface area contributed by atoms with E-state index in [1.165, 1.54) is 23.5 Å². The third-order valence-corrected chi connectivity index (χ3v) is 4.39. The van der Waals surface area contributed by atoms with Gasteiger partial charge in [-0.15, -0.1) is 17.9 Å². The van der Waals surface area contributed by atoms with Crippen LogP contribution in [0.2, 0.25) is 0 Å². The highest BCUT2D eigenvalue weighted by atomic mass is 32.1. The molecule has 2 aromatic rings. The maximum Gasteiger partial charge on any atom is 0.350 e. The summed E-state index contributed by atoms with van der Waals surface area (Å²) in [5.41, 5.74) is 1.37. The third kappa shape index (κ3) is 4.62. The predicted molar refractivity (Wildman–Crippen MR) is 100 cm³/mol. The Bertz CT molecular complexity index is 742. The van der Waals surface area contributed by atoms with Crippen LogP contribution in [0.4, 0.5) is 10.1 Å². The molecule has 0 bridgehead atoms. The number of carbonyl (C=O) groups is 1. The first-order chi connectivity index (χ1) is 11.5. The van der Waals surface area contributed by atoms with Crippen LogP contribution in [0.25, 0.3) is 10.4 Å². The highest BCUT2D eigenvalue weighted by Gasteiger charge is 2.19. The minimum Gasteiger partial charge on any atom is -0.462 e. The number of esters is 1. The van der Waals surface area contributed by atoms with Gasteiger partial charge in [0.15, 0.2) is 5.11 Å². The number of hydrogen-bond donors (Lipinski definition) is 2. The van der Waals surface area contributed by atoms with Crippen LogP contribution in [-0.2, 0) is 4.74 Å². The number of thiocarbonyl (C=S) groups is 1. The van der Waals surface area contributed by atoms with Crippen LogP contribution in [-0.4, -0.2) is 24.2 Å². The first-order valence-electron chi connectivity index (χ1n) is 7.27. The molecule has 0 atom stereocenters. The van der Waals surface area contributed by atoms with Gasteiger partial charge in [0.1, 0.15) is 10.7 Å². The molecule has 1 heterocycles. The molecular formula is C17H17FN2O2S2. The zero-order chi connectivity index (χ0) is 17.5. The lowest BCUT2D eigenvalue weighted by atomic mass is 10.2. The van der Waals surface area contributed by atoms with E-state index in [1.807, 2.05) is 0 Å². The lowest BCUT2D eigenvalue weighted by molar-refractivity contribution is 0.0533. The van der Waals surface area contributed by atoms with E-state index in [0.29, 0.717) is 22.2 Å². The highest BCUT2D eigenvalue weighted by Crippen LogP contribution is 2.35. The first kappa shape index (κ1) is 18.1. The van der Waals surface area contributed by atoms with Crippen LogP contribution < -0.4 is 10.6 Å². The molecule has 0 unspecified atom stereocenters. The van der Waals surface area contributed by atoms with Gasteiger partial charge in [-0.1, -0.05) is 18.2 Å². The van der Waals surface area contributed by atoms with Crippen LogP contribution in [0, 0.1) is 5.82 Å². The number of benzene rings is 1. The van der Waals surface area contributed by atoms with E-state index in [4.69, 9.17) is 17.0 Å². The van der Waals surface area contributed by atoms with Crippen LogP contribution in [0.5, 0.6) is 0 Å². The summed E-state index contributed by atoms with van der Waals surface area (Å²) in [5.74, 6) is -0.737. The number of nitrogens with one attached hydrogen (secondary N) is 2. The molecule has 4 nitrogen and oxygen atoms in total. The second-order valence-corrected chi connectivity index (χ2v) is 6.16. The Balaban J connectivity index is 2.32. The summed E-state index contributed by atoms with van der Waals surface area (Å²) in [4.78, 5) is 13.4. The summed E-state index contributed by atoms with van der Waals surface area (Å²) in [7, 11) is 0. The van der Waals surface area contributed by atoms with Gasteiger partial charge in [-0.25, -0.2) is 9.18 Å². The van der Waals surface area contributed by atoms with Gasteiger partial charge in [0, 0.05) is 11.4 Å². The molecule has 0 fully saturated rings. The zero-order valence-electron chi connectivity index (χ0n) is 13.1. The van der Waals surface area contributed by atoms with Crippen molar-refractivity contribution in [2.24, 2.45) is 0 Å². The Morgan fingerprint density at radius 3 is 2.75 bits per heavy atom. The second-order valence-electron chi connectivity index (χ2n) is 4.70. The molecule has 0 saturated carbocycles. The van der Waals surface area contributed by atoms with Crippen molar-refractivity contribution in [1.29, 1.82) is 0 Å². The molecule has 0 amide bonds. The highest BCUT2D eigenvalue weighted by molar-refractivity contribution is 7.80. The Morgan fingerprint density at radius 2 is 2.12 bits per heavy atom. The van der Waals surface area contributed by atoms with Crippen LogP contribution >= 0.6 is 23.6 Å². The minimum absolute atomic E-state index is 0.279. The summed E-state index contributed by atoms with van der Waals surface area (Å²) < 4.78 is 18.2. The maximum absolute atomic E-state index is 13.1. The smallest absolute Gasteiger partial charge is 0.350 e. The average molecular weight is 364 g/mol. The van der Waals surface area contributed by atoms with Gasteiger partial charge in [0.2, 0.25) is 0 Å². The molecular weight excluding hydrogens is 347 g/mol. The normalized spacial score (nSPS) is 10.1. The summed E-state index contributed by atoms with van der Waals surface area (Å²) in [6.07, 6.45) is 1.68. The molecule has 0 aliphatic rings. The SMILES string of the molecule is C=CCNC(=S)Nc1cc(-c2ccc(F)cc2)sc1C(=O)OCC. The van der Waals surface area contributed by atoms with E-state index >= 15 is 0 Å². The number of rotatable bonds is 6. The van der Waals surface area contributed by atoms with E-state index in [9.17, 15) is 9.18 Å². The number of carbonyl (C=O) groups excluding carboxylic acids is 1. The Kier molecular flexibility index (Phi) is 6.45. The fraction of sp³-hybridized carbons (Fsp3) is 0.176. The molecule has 1 aromatic heterocycles. The Hall–Kier alpha value is -2.25. The quantitative estimate of drug-likeness (QED) is 0.457. The second kappa shape index (κ2) is 8.56. The third-order valence-electron chi connectivity index (χ3n) is 2.98. The number of ether oxygens (including phenoxy) is 1. The predicted octanol–water partition coefficient (Wildman–Crippen LogP) is 4.20. The van der Waals surface area contributed by atoms with Crippen LogP contribution in [0.1, 0.15) is 16.6 Å². The topological polar surface area (TPSA) is 50.4 Å². The van der Waals surface area contributed by atoms with Gasteiger partial charge in [0.05, 0.1) is 12.3 Å². The molecule has 0 aliphatic heterocycles. The lowest BCUT2D eigenvalue weighted by Gasteiger charge is -2.09. The first-order valence-corrected chi connectivity index (χ1v) is 8.50. The molecule has 1 aromatic carbocycles. The molecule has 126 valence electrons. The average Bonchev–Trinajstić information content (AvgIpc) is 2.97. The maximum atomic E-state index is 13.1. The van der Waals surface area contributed by atoms with Crippen molar-refractivity contribution in [3.05, 3.63) is 53.7 Å². The van der Waals surface area contributed by atoms with Gasteiger partial charge in [0.25, 0.3) is 0 Å². The molecule has 24 heavy (non-hydrogen) atoms. The summed E-state index contributed by atoms with van der Waals surface area (Å²) in [6, 6.07) is 7.87. The minimum atomic E-state index is -0.426. The number of hydrogen-bond acceptors (Lipinski definition) is 4. The molecule has 0 saturated heterocycles. The number of anilines is 1. The van der Waals surface area contributed by atoms with E-state index in [0.717, 1.165) is 10.4 Å². The molecule has 2 rings (SSSR count).